The zero-order valence-corrected chi connectivity index (χ0v) is 12.4. The summed E-state index contributed by atoms with van der Waals surface area (Å²) in [5.41, 5.74) is 5.85. The maximum Gasteiger partial charge on any atom is 0.267 e. The first-order valence-corrected chi connectivity index (χ1v) is 6.67. The average molecular weight is 285 g/mol. The van der Waals surface area contributed by atoms with Crippen LogP contribution in [0.15, 0.2) is 5.16 Å². The highest BCUT2D eigenvalue weighted by atomic mass is 32.1. The molecule has 0 radical (unpaired) electrons. The van der Waals surface area contributed by atoms with Gasteiger partial charge in [-0.25, -0.2) is 0 Å². The Morgan fingerprint density at radius 2 is 2.16 bits per heavy atom. The van der Waals surface area contributed by atoms with Gasteiger partial charge >= 0.3 is 0 Å². The van der Waals surface area contributed by atoms with Gasteiger partial charge in [-0.3, -0.25) is 4.79 Å². The van der Waals surface area contributed by atoms with E-state index in [0.29, 0.717) is 17.1 Å². The summed E-state index contributed by atoms with van der Waals surface area (Å²) >= 11 is 1.07. The highest BCUT2D eigenvalue weighted by Gasteiger charge is 2.28. The smallest absolute Gasteiger partial charge is 0.267 e. The third kappa shape index (κ3) is 3.63. The zero-order chi connectivity index (χ0) is 14.6. The molecule has 7 nitrogen and oxygen atoms in total. The summed E-state index contributed by atoms with van der Waals surface area (Å²) in [6.07, 6.45) is 0. The molecule has 1 rings (SSSR count). The molecule has 0 spiro atoms. The Morgan fingerprint density at radius 1 is 1.53 bits per heavy atom. The molecule has 0 saturated carbocycles. The topological polar surface area (TPSA) is 105 Å². The van der Waals surface area contributed by atoms with Crippen LogP contribution in [-0.2, 0) is 5.41 Å². The van der Waals surface area contributed by atoms with E-state index in [9.17, 15) is 4.79 Å². The van der Waals surface area contributed by atoms with Crippen molar-refractivity contribution in [1.29, 1.82) is 0 Å². The third-order valence-corrected chi connectivity index (χ3v) is 3.26. The van der Waals surface area contributed by atoms with Gasteiger partial charge in [0.25, 0.3) is 5.91 Å². The lowest BCUT2D eigenvalue weighted by Crippen LogP contribution is -2.39. The summed E-state index contributed by atoms with van der Waals surface area (Å²) in [7, 11) is 0. The van der Waals surface area contributed by atoms with Gasteiger partial charge in [0.2, 0.25) is 0 Å². The molecule has 1 aromatic heterocycles. The lowest BCUT2D eigenvalue weighted by Gasteiger charge is -2.22. The number of nitrogens with two attached hydrogens (primary N) is 1. The summed E-state index contributed by atoms with van der Waals surface area (Å²) in [5.74, 6) is -0.209. The minimum atomic E-state index is -0.256. The third-order valence-electron chi connectivity index (χ3n) is 2.54. The molecule has 0 aromatic carbocycles. The zero-order valence-electron chi connectivity index (χ0n) is 11.5. The molecule has 3 N–H and O–H groups in total. The number of hydrogen-bond acceptors (Lipinski definition) is 6. The van der Waals surface area contributed by atoms with Crippen molar-refractivity contribution in [3.63, 3.8) is 0 Å². The molecule has 0 unspecified atom stereocenters. The highest BCUT2D eigenvalue weighted by Crippen LogP contribution is 2.26. The van der Waals surface area contributed by atoms with Crippen molar-refractivity contribution < 1.29 is 10.0 Å². The molecule has 0 aliphatic rings. The molecule has 0 aliphatic carbocycles. The molecular formula is C11H19N5O2S. The van der Waals surface area contributed by atoms with Crippen LogP contribution in [0.25, 0.3) is 0 Å². The molecule has 0 saturated heterocycles. The number of carbonyl (C=O) groups is 1. The van der Waals surface area contributed by atoms with Gasteiger partial charge < -0.3 is 15.8 Å². The van der Waals surface area contributed by atoms with Crippen LogP contribution in [0.3, 0.4) is 0 Å². The summed E-state index contributed by atoms with van der Waals surface area (Å²) in [6, 6.07) is 0. The van der Waals surface area contributed by atoms with Crippen molar-refractivity contribution in [2.24, 2.45) is 10.9 Å². The van der Waals surface area contributed by atoms with Gasteiger partial charge in [0, 0.05) is 12.0 Å². The number of carbonyl (C=O) groups excluding carboxylic acids is 1. The van der Waals surface area contributed by atoms with Crippen molar-refractivity contribution in [3.8, 4) is 0 Å². The van der Waals surface area contributed by atoms with E-state index >= 15 is 0 Å². The lowest BCUT2D eigenvalue weighted by molar-refractivity contribution is 0.0788. The minimum absolute atomic E-state index is 0.00927. The van der Waals surface area contributed by atoms with Crippen molar-refractivity contribution >= 4 is 23.3 Å². The highest BCUT2D eigenvalue weighted by molar-refractivity contribution is 7.08. The molecule has 0 atom stereocenters. The number of amidine groups is 1. The van der Waals surface area contributed by atoms with Crippen molar-refractivity contribution in [2.45, 2.75) is 33.1 Å². The molecule has 1 aromatic rings. The van der Waals surface area contributed by atoms with E-state index in [1.807, 2.05) is 27.7 Å². The Bertz CT molecular complexity index is 478. The number of nitrogens with zero attached hydrogens (tertiary/aromatic N) is 4. The van der Waals surface area contributed by atoms with E-state index in [0.717, 1.165) is 11.5 Å². The molecule has 106 valence electrons. The van der Waals surface area contributed by atoms with E-state index in [1.54, 1.807) is 0 Å². The van der Waals surface area contributed by atoms with Gasteiger partial charge in [0.15, 0.2) is 5.84 Å². The molecule has 8 heteroatoms. The second-order valence-electron chi connectivity index (χ2n) is 5.11. The number of oxime groups is 1. The average Bonchev–Trinajstić information content (AvgIpc) is 2.83. The molecule has 1 amide bonds. The fraction of sp³-hybridized carbons (Fsp3) is 0.636. The van der Waals surface area contributed by atoms with E-state index in [1.165, 1.54) is 4.90 Å². The van der Waals surface area contributed by atoms with Crippen molar-refractivity contribution in [3.05, 3.63) is 10.6 Å². The van der Waals surface area contributed by atoms with Crippen LogP contribution in [-0.4, -0.2) is 44.5 Å². The molecule has 0 aliphatic heterocycles. The van der Waals surface area contributed by atoms with Crippen molar-refractivity contribution in [2.75, 3.05) is 13.1 Å². The van der Waals surface area contributed by atoms with Gasteiger partial charge in [-0.2, -0.15) is 0 Å². The van der Waals surface area contributed by atoms with E-state index < -0.39 is 0 Å². The fourth-order valence-electron chi connectivity index (χ4n) is 1.52. The van der Waals surface area contributed by atoms with Crippen LogP contribution in [0.4, 0.5) is 0 Å². The predicted octanol–water partition coefficient (Wildman–Crippen LogP) is 1.04. The first-order valence-electron chi connectivity index (χ1n) is 5.89. The van der Waals surface area contributed by atoms with Crippen LogP contribution >= 0.6 is 11.5 Å². The summed E-state index contributed by atoms with van der Waals surface area (Å²) in [6.45, 7) is 8.28. The minimum Gasteiger partial charge on any atom is -0.409 e. The summed E-state index contributed by atoms with van der Waals surface area (Å²) < 4.78 is 3.86. The van der Waals surface area contributed by atoms with Crippen molar-refractivity contribution in [1.82, 2.24) is 14.5 Å². The SMILES string of the molecule is CCN(CC(N)=NO)C(=O)c1snnc1C(C)(C)C. The Morgan fingerprint density at radius 3 is 2.63 bits per heavy atom. The first kappa shape index (κ1) is 15.4. The van der Waals surface area contributed by atoms with Gasteiger partial charge in [-0.05, 0) is 18.5 Å². The van der Waals surface area contributed by atoms with E-state index in [-0.39, 0.29) is 23.7 Å². The second kappa shape index (κ2) is 5.96. The summed E-state index contributed by atoms with van der Waals surface area (Å²) in [5, 5.41) is 15.5. The van der Waals surface area contributed by atoms with E-state index in [2.05, 4.69) is 14.7 Å². The molecule has 19 heavy (non-hydrogen) atoms. The van der Waals surface area contributed by atoms with Crippen LogP contribution in [0.5, 0.6) is 0 Å². The largest absolute Gasteiger partial charge is 0.409 e. The van der Waals surface area contributed by atoms with Crippen LogP contribution in [0, 0.1) is 0 Å². The molecule has 0 bridgehead atoms. The standard InChI is InChI=1S/C11H19N5O2S/c1-5-16(6-7(12)14-18)10(17)8-9(11(2,3)4)13-15-19-8/h18H,5-6H2,1-4H3,(H2,12,14). The van der Waals surface area contributed by atoms with Crippen LogP contribution in [0.1, 0.15) is 43.1 Å². The van der Waals surface area contributed by atoms with Crippen LogP contribution < -0.4 is 5.73 Å². The van der Waals surface area contributed by atoms with Gasteiger partial charge in [0.1, 0.15) is 4.88 Å². The molecule has 1 heterocycles. The normalized spacial score (nSPS) is 12.5. The first-order chi connectivity index (χ1) is 8.81. The number of amides is 1. The number of rotatable bonds is 4. The monoisotopic (exact) mass is 285 g/mol. The van der Waals surface area contributed by atoms with Gasteiger partial charge in [-0.1, -0.05) is 30.4 Å². The predicted molar refractivity (Wildman–Crippen MR) is 73.6 cm³/mol. The number of hydrogen-bond donors (Lipinski definition) is 2. The Balaban J connectivity index is 3.02. The quantitative estimate of drug-likeness (QED) is 0.372. The van der Waals surface area contributed by atoms with Gasteiger partial charge in [-0.15, -0.1) is 5.10 Å². The van der Waals surface area contributed by atoms with Gasteiger partial charge in [0.05, 0.1) is 12.2 Å². The maximum atomic E-state index is 12.4. The van der Waals surface area contributed by atoms with E-state index in [4.69, 9.17) is 10.9 Å². The fourth-order valence-corrected chi connectivity index (χ4v) is 2.36. The molecule has 0 fully saturated rings. The summed E-state index contributed by atoms with van der Waals surface area (Å²) in [4.78, 5) is 14.4. The Hall–Kier alpha value is -1.70. The Kier molecular flexibility index (Phi) is 4.82. The maximum absolute atomic E-state index is 12.4. The molecular weight excluding hydrogens is 266 g/mol. The number of likely N-dealkylation sites (N-methyl/N-ethyl adjacent to an activating group) is 1. The van der Waals surface area contributed by atoms with Crippen LogP contribution in [0.2, 0.25) is 0 Å². The number of aromatic nitrogens is 2. The second-order valence-corrected chi connectivity index (χ2v) is 5.87. The Labute approximate surface area is 116 Å². The lowest BCUT2D eigenvalue weighted by atomic mass is 9.91.